The van der Waals surface area contributed by atoms with E-state index >= 15 is 0 Å². The van der Waals surface area contributed by atoms with Crippen LogP contribution in [-0.4, -0.2) is 36.4 Å². The van der Waals surface area contributed by atoms with Gasteiger partial charge in [-0.1, -0.05) is 186 Å². The normalized spacial score (nSPS) is 12.3. The van der Waals surface area contributed by atoms with E-state index in [2.05, 4.69) is 38.2 Å². The SMILES string of the molecule is CCCCCC=CCC=CCCCCCCCCCC(=O)O[C@@H](CO)COC(=O)CCCCCCCCCCCCCCCCCCC. The van der Waals surface area contributed by atoms with Gasteiger partial charge in [-0.25, -0.2) is 0 Å². The largest absolute Gasteiger partial charge is 0.462 e. The second kappa shape index (κ2) is 39.8. The maximum atomic E-state index is 12.2. The summed E-state index contributed by atoms with van der Waals surface area (Å²) in [6.07, 6.45) is 46.7. The first-order valence-electron chi connectivity index (χ1n) is 20.9. The van der Waals surface area contributed by atoms with Crippen molar-refractivity contribution in [1.82, 2.24) is 0 Å². The minimum atomic E-state index is -0.770. The Labute approximate surface area is 298 Å². The lowest BCUT2D eigenvalue weighted by atomic mass is 10.0. The van der Waals surface area contributed by atoms with Crippen molar-refractivity contribution in [3.8, 4) is 0 Å². The maximum Gasteiger partial charge on any atom is 0.306 e. The van der Waals surface area contributed by atoms with E-state index in [1.165, 1.54) is 141 Å². The van der Waals surface area contributed by atoms with Crippen LogP contribution in [0, 0.1) is 0 Å². The highest BCUT2D eigenvalue weighted by Crippen LogP contribution is 2.15. The minimum Gasteiger partial charge on any atom is -0.462 e. The minimum absolute atomic E-state index is 0.0645. The number of esters is 2. The fourth-order valence-corrected chi connectivity index (χ4v) is 6.06. The van der Waals surface area contributed by atoms with Gasteiger partial charge in [-0.05, 0) is 44.9 Å². The fourth-order valence-electron chi connectivity index (χ4n) is 6.06. The quantitative estimate of drug-likeness (QED) is 0.0400. The molecule has 0 aliphatic heterocycles. The summed E-state index contributed by atoms with van der Waals surface area (Å²) in [4.78, 5) is 24.3. The molecule has 0 heterocycles. The third kappa shape index (κ3) is 37.2. The van der Waals surface area contributed by atoms with E-state index in [0.717, 1.165) is 51.4 Å². The van der Waals surface area contributed by atoms with Gasteiger partial charge in [0.15, 0.2) is 6.10 Å². The Balaban J connectivity index is 3.52. The van der Waals surface area contributed by atoms with Crippen molar-refractivity contribution < 1.29 is 24.2 Å². The molecule has 0 aliphatic carbocycles. The van der Waals surface area contributed by atoms with Gasteiger partial charge < -0.3 is 14.6 Å². The summed E-state index contributed by atoms with van der Waals surface area (Å²) >= 11 is 0. The molecule has 48 heavy (non-hydrogen) atoms. The molecule has 1 N–H and O–H groups in total. The van der Waals surface area contributed by atoms with Crippen molar-refractivity contribution in [2.24, 2.45) is 0 Å². The number of carbonyl (C=O) groups excluding carboxylic acids is 2. The molecule has 0 rings (SSSR count). The van der Waals surface area contributed by atoms with E-state index < -0.39 is 6.10 Å². The van der Waals surface area contributed by atoms with E-state index in [1.54, 1.807) is 0 Å². The van der Waals surface area contributed by atoms with Crippen LogP contribution in [0.4, 0.5) is 0 Å². The fraction of sp³-hybridized carbons (Fsp3) is 0.860. The molecule has 0 spiro atoms. The number of hydrogen-bond donors (Lipinski definition) is 1. The van der Waals surface area contributed by atoms with Crippen molar-refractivity contribution in [2.45, 2.75) is 225 Å². The first-order valence-corrected chi connectivity index (χ1v) is 20.9. The summed E-state index contributed by atoms with van der Waals surface area (Å²) in [7, 11) is 0. The Morgan fingerprint density at radius 2 is 0.833 bits per heavy atom. The smallest absolute Gasteiger partial charge is 0.306 e. The first-order chi connectivity index (χ1) is 23.6. The second-order valence-corrected chi connectivity index (χ2v) is 14.1. The van der Waals surface area contributed by atoms with Crippen molar-refractivity contribution in [3.63, 3.8) is 0 Å². The van der Waals surface area contributed by atoms with Crippen LogP contribution < -0.4 is 0 Å². The molecule has 0 bridgehead atoms. The van der Waals surface area contributed by atoms with Gasteiger partial charge >= 0.3 is 11.9 Å². The van der Waals surface area contributed by atoms with Crippen molar-refractivity contribution in [3.05, 3.63) is 24.3 Å². The number of allylic oxidation sites excluding steroid dienone is 4. The van der Waals surface area contributed by atoms with Crippen LogP contribution in [-0.2, 0) is 19.1 Å². The van der Waals surface area contributed by atoms with Gasteiger partial charge in [0.05, 0.1) is 6.61 Å². The predicted octanol–water partition coefficient (Wildman–Crippen LogP) is 13.1. The van der Waals surface area contributed by atoms with Crippen molar-refractivity contribution >= 4 is 11.9 Å². The van der Waals surface area contributed by atoms with Crippen LogP contribution in [0.2, 0.25) is 0 Å². The molecular formula is C43H80O5. The molecular weight excluding hydrogens is 596 g/mol. The van der Waals surface area contributed by atoms with Crippen LogP contribution in [0.25, 0.3) is 0 Å². The van der Waals surface area contributed by atoms with Crippen LogP contribution in [0.5, 0.6) is 0 Å². The average Bonchev–Trinajstić information content (AvgIpc) is 3.09. The molecule has 0 unspecified atom stereocenters. The summed E-state index contributed by atoms with van der Waals surface area (Å²) in [5.41, 5.74) is 0. The number of aliphatic hydroxyl groups is 1. The van der Waals surface area contributed by atoms with E-state index in [4.69, 9.17) is 9.47 Å². The van der Waals surface area contributed by atoms with Gasteiger partial charge in [-0.3, -0.25) is 9.59 Å². The average molecular weight is 677 g/mol. The molecule has 0 aromatic heterocycles. The molecule has 0 aromatic carbocycles. The lowest BCUT2D eigenvalue weighted by Crippen LogP contribution is -2.28. The van der Waals surface area contributed by atoms with E-state index in [1.807, 2.05) is 0 Å². The van der Waals surface area contributed by atoms with E-state index in [9.17, 15) is 14.7 Å². The first kappa shape index (κ1) is 46.4. The predicted molar refractivity (Wildman–Crippen MR) is 205 cm³/mol. The maximum absolute atomic E-state index is 12.2. The van der Waals surface area contributed by atoms with Gasteiger partial charge in [0.2, 0.25) is 0 Å². The summed E-state index contributed by atoms with van der Waals surface area (Å²) in [5, 5.41) is 9.56. The molecule has 0 radical (unpaired) electrons. The molecule has 5 heteroatoms. The molecule has 0 saturated carbocycles. The number of unbranched alkanes of at least 4 members (excludes halogenated alkanes) is 26. The number of carbonyl (C=O) groups is 2. The highest BCUT2D eigenvalue weighted by molar-refractivity contribution is 5.70. The number of hydrogen-bond acceptors (Lipinski definition) is 5. The van der Waals surface area contributed by atoms with Gasteiger partial charge in [0.25, 0.3) is 0 Å². The summed E-state index contributed by atoms with van der Waals surface area (Å²) in [5.74, 6) is -0.590. The highest BCUT2D eigenvalue weighted by Gasteiger charge is 2.16. The molecule has 0 fully saturated rings. The summed E-state index contributed by atoms with van der Waals surface area (Å²) in [6.45, 7) is 4.12. The molecule has 5 nitrogen and oxygen atoms in total. The van der Waals surface area contributed by atoms with Crippen LogP contribution in [0.1, 0.15) is 219 Å². The van der Waals surface area contributed by atoms with Gasteiger partial charge in [0.1, 0.15) is 6.61 Å². The standard InChI is InChI=1S/C43H80O5/c1-3-5-7-9-11-13-15-17-19-21-23-25-27-29-31-33-35-37-42(45)47-40-41(39-44)48-43(46)38-36-34-32-30-28-26-24-22-20-18-16-14-12-10-8-6-4-2/h12,14,18,20,41,44H,3-11,13,15-17,19,21-40H2,1-2H3/t41-/m0/s1. The highest BCUT2D eigenvalue weighted by atomic mass is 16.6. The Kier molecular flexibility index (Phi) is 38.5. The van der Waals surface area contributed by atoms with Gasteiger partial charge in [-0.15, -0.1) is 0 Å². The molecule has 282 valence electrons. The lowest BCUT2D eigenvalue weighted by Gasteiger charge is -2.15. The number of rotatable bonds is 38. The molecule has 0 aliphatic rings. The van der Waals surface area contributed by atoms with Gasteiger partial charge in [0, 0.05) is 12.8 Å². The van der Waals surface area contributed by atoms with Crippen LogP contribution in [0.15, 0.2) is 24.3 Å². The lowest BCUT2D eigenvalue weighted by molar-refractivity contribution is -0.161. The molecule has 0 amide bonds. The molecule has 0 saturated heterocycles. The molecule has 1 atom stereocenters. The van der Waals surface area contributed by atoms with Crippen molar-refractivity contribution in [2.75, 3.05) is 13.2 Å². The van der Waals surface area contributed by atoms with Crippen LogP contribution in [0.3, 0.4) is 0 Å². The molecule has 0 aromatic rings. The Hall–Kier alpha value is -1.62. The Morgan fingerprint density at radius 3 is 1.27 bits per heavy atom. The Bertz CT molecular complexity index is 731. The zero-order valence-electron chi connectivity index (χ0n) is 32.0. The monoisotopic (exact) mass is 677 g/mol. The van der Waals surface area contributed by atoms with E-state index in [-0.39, 0.29) is 25.2 Å². The number of ether oxygens (including phenoxy) is 2. The van der Waals surface area contributed by atoms with Crippen molar-refractivity contribution in [1.29, 1.82) is 0 Å². The second-order valence-electron chi connectivity index (χ2n) is 14.1. The third-order valence-electron chi connectivity index (χ3n) is 9.25. The van der Waals surface area contributed by atoms with Crippen LogP contribution >= 0.6 is 0 Å². The van der Waals surface area contributed by atoms with Gasteiger partial charge in [-0.2, -0.15) is 0 Å². The summed E-state index contributed by atoms with van der Waals surface area (Å²) in [6, 6.07) is 0. The zero-order chi connectivity index (χ0) is 35.0. The topological polar surface area (TPSA) is 72.8 Å². The zero-order valence-corrected chi connectivity index (χ0v) is 32.0. The Morgan fingerprint density at radius 1 is 0.479 bits per heavy atom. The third-order valence-corrected chi connectivity index (χ3v) is 9.25. The number of aliphatic hydroxyl groups excluding tert-OH is 1. The van der Waals surface area contributed by atoms with E-state index in [0.29, 0.717) is 12.8 Å². The summed E-state index contributed by atoms with van der Waals surface area (Å²) < 4.78 is 10.6.